The van der Waals surface area contributed by atoms with Crippen LogP contribution in [0.2, 0.25) is 0 Å². The van der Waals surface area contributed by atoms with Gasteiger partial charge in [-0.3, -0.25) is 0 Å². The first kappa shape index (κ1) is 19.6. The van der Waals surface area contributed by atoms with Crippen LogP contribution in [0, 0.1) is 11.8 Å². The summed E-state index contributed by atoms with van der Waals surface area (Å²) in [4.78, 5) is 0.379. The van der Waals surface area contributed by atoms with E-state index >= 15 is 0 Å². The molecule has 0 saturated carbocycles. The van der Waals surface area contributed by atoms with Crippen LogP contribution < -0.4 is 0 Å². The van der Waals surface area contributed by atoms with E-state index in [1.165, 1.54) is 4.48 Å². The Kier molecular flexibility index (Phi) is 5.85. The fraction of sp³-hybridized carbons (Fsp3) is 0.304. The third-order valence-corrected chi connectivity index (χ3v) is 8.48. The average molecular weight is 458 g/mol. The Balaban J connectivity index is 1.45. The summed E-state index contributed by atoms with van der Waals surface area (Å²) in [6.07, 6.45) is 9.43. The summed E-state index contributed by atoms with van der Waals surface area (Å²) in [6.45, 7) is 1.16. The van der Waals surface area contributed by atoms with Gasteiger partial charge < -0.3 is 0 Å². The van der Waals surface area contributed by atoms with Crippen LogP contribution in [0.1, 0.15) is 19.3 Å². The van der Waals surface area contributed by atoms with Crippen LogP contribution in [0.3, 0.4) is 0 Å². The molecule has 0 amide bonds. The van der Waals surface area contributed by atoms with Crippen molar-refractivity contribution in [2.24, 2.45) is 11.8 Å². The van der Waals surface area contributed by atoms with E-state index in [9.17, 15) is 8.42 Å². The van der Waals surface area contributed by atoms with Gasteiger partial charge in [-0.15, -0.1) is 0 Å². The average Bonchev–Trinajstić information content (AvgIpc) is 2.75. The first-order valence-corrected chi connectivity index (χ1v) is 12.0. The molecule has 1 saturated heterocycles. The number of rotatable bonds is 4. The SMILES string of the molecule is O=S(=O)(c1ccc(-c2ccccc2)cc1)N1CCC(C2C=CCC=C2Br)CC1. The molecule has 1 fully saturated rings. The van der Waals surface area contributed by atoms with Crippen molar-refractivity contribution in [2.75, 3.05) is 13.1 Å². The highest BCUT2D eigenvalue weighted by Crippen LogP contribution is 2.37. The van der Waals surface area contributed by atoms with Gasteiger partial charge in [0.2, 0.25) is 10.0 Å². The van der Waals surface area contributed by atoms with Gasteiger partial charge in [0.25, 0.3) is 0 Å². The lowest BCUT2D eigenvalue weighted by Crippen LogP contribution is -2.40. The molecule has 1 unspecified atom stereocenters. The molecule has 0 radical (unpaired) electrons. The molecule has 2 aromatic carbocycles. The Morgan fingerprint density at radius 1 is 0.893 bits per heavy atom. The van der Waals surface area contributed by atoms with Gasteiger partial charge in [0.1, 0.15) is 0 Å². The molecule has 1 atom stereocenters. The summed E-state index contributed by atoms with van der Waals surface area (Å²) in [7, 11) is -3.44. The Morgan fingerprint density at radius 3 is 2.18 bits per heavy atom. The third kappa shape index (κ3) is 4.02. The summed E-state index contributed by atoms with van der Waals surface area (Å²) in [6, 6.07) is 17.2. The molecule has 0 aromatic heterocycles. The van der Waals surface area contributed by atoms with E-state index in [1.54, 1.807) is 16.4 Å². The zero-order chi connectivity index (χ0) is 19.6. The van der Waals surface area contributed by atoms with Crippen molar-refractivity contribution in [3.8, 4) is 11.1 Å². The van der Waals surface area contributed by atoms with Crippen molar-refractivity contribution >= 4 is 26.0 Å². The molecule has 146 valence electrons. The van der Waals surface area contributed by atoms with Gasteiger partial charge in [-0.2, -0.15) is 4.31 Å². The summed E-state index contributed by atoms with van der Waals surface area (Å²) in [5.41, 5.74) is 2.12. The van der Waals surface area contributed by atoms with Crippen LogP contribution in [0.5, 0.6) is 0 Å². The summed E-state index contributed by atoms with van der Waals surface area (Å²) in [5, 5.41) is 0. The van der Waals surface area contributed by atoms with E-state index in [0.29, 0.717) is 29.8 Å². The van der Waals surface area contributed by atoms with Crippen molar-refractivity contribution < 1.29 is 8.42 Å². The lowest BCUT2D eigenvalue weighted by atomic mass is 9.83. The van der Waals surface area contributed by atoms with Gasteiger partial charge >= 0.3 is 0 Å². The first-order valence-electron chi connectivity index (χ1n) is 9.73. The molecule has 5 heteroatoms. The minimum absolute atomic E-state index is 0.379. The number of hydrogen-bond acceptors (Lipinski definition) is 2. The van der Waals surface area contributed by atoms with Crippen LogP contribution in [-0.4, -0.2) is 25.8 Å². The lowest BCUT2D eigenvalue weighted by molar-refractivity contribution is 0.248. The molecule has 2 aromatic rings. The zero-order valence-electron chi connectivity index (χ0n) is 15.7. The second-order valence-electron chi connectivity index (χ2n) is 7.41. The van der Waals surface area contributed by atoms with Gasteiger partial charge in [-0.05, 0) is 52.9 Å². The van der Waals surface area contributed by atoms with E-state index in [1.807, 2.05) is 42.5 Å². The molecule has 3 nitrogen and oxygen atoms in total. The highest BCUT2D eigenvalue weighted by atomic mass is 79.9. The number of benzene rings is 2. The van der Waals surface area contributed by atoms with Gasteiger partial charge in [0.05, 0.1) is 4.90 Å². The Bertz CT molecular complexity index is 973. The van der Waals surface area contributed by atoms with Crippen LogP contribution in [0.25, 0.3) is 11.1 Å². The molecule has 2 aliphatic rings. The maximum Gasteiger partial charge on any atom is 0.243 e. The minimum atomic E-state index is -3.44. The second-order valence-corrected chi connectivity index (χ2v) is 10.3. The molecule has 0 N–H and O–H groups in total. The number of piperidine rings is 1. The maximum absolute atomic E-state index is 13.1. The molecule has 1 heterocycles. The number of nitrogens with zero attached hydrogens (tertiary/aromatic N) is 1. The minimum Gasteiger partial charge on any atom is -0.207 e. The number of sulfonamides is 1. The molecule has 0 bridgehead atoms. The Labute approximate surface area is 176 Å². The number of hydrogen-bond donors (Lipinski definition) is 0. The standard InChI is InChI=1S/C23H24BrNO2S/c24-23-9-5-4-8-22(23)20-14-16-25(17-15-20)28(26,27)21-12-10-19(11-13-21)18-6-2-1-3-7-18/h1-4,6-13,20,22H,5,14-17H2. The van der Waals surface area contributed by atoms with Crippen LogP contribution in [0.4, 0.5) is 0 Å². The number of allylic oxidation sites excluding steroid dienone is 4. The molecule has 4 rings (SSSR count). The van der Waals surface area contributed by atoms with Gasteiger partial charge in [0.15, 0.2) is 0 Å². The molecule has 0 spiro atoms. The van der Waals surface area contributed by atoms with Crippen LogP contribution >= 0.6 is 15.9 Å². The molecular formula is C23H24BrNO2S. The van der Waals surface area contributed by atoms with E-state index in [4.69, 9.17) is 0 Å². The topological polar surface area (TPSA) is 37.4 Å². The highest BCUT2D eigenvalue weighted by Gasteiger charge is 2.33. The summed E-state index contributed by atoms with van der Waals surface area (Å²) in [5.74, 6) is 0.887. The lowest BCUT2D eigenvalue weighted by Gasteiger charge is -2.35. The van der Waals surface area contributed by atoms with Gasteiger partial charge in [0, 0.05) is 19.0 Å². The highest BCUT2D eigenvalue weighted by molar-refractivity contribution is 9.11. The second kappa shape index (κ2) is 8.36. The Hall–Kier alpha value is -1.69. The summed E-state index contributed by atoms with van der Waals surface area (Å²) < 4.78 is 29.0. The quantitative estimate of drug-likeness (QED) is 0.559. The van der Waals surface area contributed by atoms with Gasteiger partial charge in [-0.25, -0.2) is 8.42 Å². The van der Waals surface area contributed by atoms with Gasteiger partial charge in [-0.1, -0.05) is 76.6 Å². The smallest absolute Gasteiger partial charge is 0.207 e. The molecule has 28 heavy (non-hydrogen) atoms. The van der Waals surface area contributed by atoms with E-state index in [-0.39, 0.29) is 0 Å². The van der Waals surface area contributed by atoms with Crippen molar-refractivity contribution in [1.29, 1.82) is 0 Å². The fourth-order valence-electron chi connectivity index (χ4n) is 4.09. The molecule has 1 aliphatic heterocycles. The predicted octanol–water partition coefficient (Wildman–Crippen LogP) is 5.61. The molecule has 1 aliphatic carbocycles. The van der Waals surface area contributed by atoms with Crippen molar-refractivity contribution in [1.82, 2.24) is 4.31 Å². The predicted molar refractivity (Wildman–Crippen MR) is 118 cm³/mol. The number of halogens is 1. The van der Waals surface area contributed by atoms with Crippen molar-refractivity contribution in [3.05, 3.63) is 77.3 Å². The van der Waals surface area contributed by atoms with Crippen molar-refractivity contribution in [2.45, 2.75) is 24.2 Å². The van der Waals surface area contributed by atoms with E-state index in [2.05, 4.69) is 34.2 Å². The largest absolute Gasteiger partial charge is 0.243 e. The normalized spacial score (nSPS) is 21.5. The van der Waals surface area contributed by atoms with Crippen molar-refractivity contribution in [3.63, 3.8) is 0 Å². The zero-order valence-corrected chi connectivity index (χ0v) is 18.1. The molecular weight excluding hydrogens is 434 g/mol. The van der Waals surface area contributed by atoms with E-state index in [0.717, 1.165) is 30.4 Å². The fourth-order valence-corrected chi connectivity index (χ4v) is 6.27. The summed E-state index contributed by atoms with van der Waals surface area (Å²) >= 11 is 3.69. The van der Waals surface area contributed by atoms with Crippen LogP contribution in [-0.2, 0) is 10.0 Å². The first-order chi connectivity index (χ1) is 13.6. The monoisotopic (exact) mass is 457 g/mol. The Morgan fingerprint density at radius 2 is 1.54 bits per heavy atom. The third-order valence-electron chi connectivity index (χ3n) is 5.72. The maximum atomic E-state index is 13.1. The van der Waals surface area contributed by atoms with Crippen LogP contribution in [0.15, 0.2) is 82.2 Å². The van der Waals surface area contributed by atoms with E-state index < -0.39 is 10.0 Å².